The summed E-state index contributed by atoms with van der Waals surface area (Å²) < 4.78 is 13.4. The maximum absolute atomic E-state index is 7.06. The van der Waals surface area contributed by atoms with Crippen molar-refractivity contribution < 1.29 is 30.4 Å². The summed E-state index contributed by atoms with van der Waals surface area (Å²) in [5.74, 6) is 2.72. The van der Waals surface area contributed by atoms with Gasteiger partial charge in [0.05, 0.1) is 0 Å². The summed E-state index contributed by atoms with van der Waals surface area (Å²) in [5, 5.41) is 8.09. The van der Waals surface area contributed by atoms with Crippen LogP contribution < -0.4 is 9.30 Å². The molecule has 7 heteroatoms. The SMILES string of the molecule is CC(C)(C)c1cc(Oc2[c-]c3c(cc2)c2ccccc2n3-c2cc(C(C)(C)C)ccn2)[c-]c(-n2[c-][n+](-c3cc(C(C)(C)C)cc(C(C)(C)C)c3)c(-c3c(-c4cc(C(C)(C)C)cc(C(C)(C)C)c4)cccc3-c3cc(C(C)(C)C)cc(C(C)(C)C)c3)n2)c1.[Pt]. The Morgan fingerprint density at radius 3 is 1.34 bits per heavy atom. The molecule has 0 aliphatic carbocycles. The van der Waals surface area contributed by atoms with Crippen LogP contribution in [0.15, 0.2) is 140 Å². The molecule has 88 heavy (non-hydrogen) atoms. The van der Waals surface area contributed by atoms with Crippen molar-refractivity contribution in [3.8, 4) is 62.3 Å². The summed E-state index contributed by atoms with van der Waals surface area (Å²) in [6.45, 7) is 55.1. The zero-order valence-corrected chi connectivity index (χ0v) is 59.5. The van der Waals surface area contributed by atoms with Crippen molar-refractivity contribution in [3.63, 3.8) is 0 Å². The van der Waals surface area contributed by atoms with Crippen LogP contribution in [-0.4, -0.2) is 19.3 Å². The van der Waals surface area contributed by atoms with E-state index < -0.39 is 0 Å². The fraction of sp³-hybridized carbons (Fsp3) is 0.395. The average molecular weight is 1350 g/mol. The van der Waals surface area contributed by atoms with E-state index in [9.17, 15) is 0 Å². The molecule has 0 spiro atoms. The summed E-state index contributed by atoms with van der Waals surface area (Å²) in [7, 11) is 0. The van der Waals surface area contributed by atoms with Gasteiger partial charge >= 0.3 is 0 Å². The Morgan fingerprint density at radius 2 is 0.864 bits per heavy atom. The second kappa shape index (κ2) is 22.9. The average Bonchev–Trinajstić information content (AvgIpc) is 1.77. The molecule has 10 aromatic rings. The van der Waals surface area contributed by atoms with Crippen molar-refractivity contribution >= 4 is 21.8 Å². The van der Waals surface area contributed by atoms with E-state index in [0.717, 1.165) is 72.5 Å². The number of ether oxygens (including phenoxy) is 1. The third-order valence-corrected chi connectivity index (χ3v) is 17.3. The molecule has 0 unspecified atom stereocenters. The van der Waals surface area contributed by atoms with E-state index in [1.54, 1.807) is 0 Å². The van der Waals surface area contributed by atoms with Gasteiger partial charge in [-0.1, -0.05) is 263 Å². The predicted molar refractivity (Wildman–Crippen MR) is 366 cm³/mol. The van der Waals surface area contributed by atoms with Gasteiger partial charge in [0, 0.05) is 55.5 Å². The van der Waals surface area contributed by atoms with Gasteiger partial charge in [-0.25, -0.2) is 4.98 Å². The standard InChI is InChI=1S/C81H95N5O.Pt/c1-74(2,3)53-34-35-82-71(47-53)86-69-31-26-25-28-67(69)68-33-32-63(49-70(68)86)87-64-46-60(81(22,23)24)45-62(48-64)85-50-84(61-43-58(79(16,17)18)42-59(44-61)80(19,20)21)73(83-85)72-65(51-36-54(75(4,5)6)40-55(37-51)76(7,8)9)29-27-30-66(72)52-38-56(77(10,11)12)41-57(39-52)78(13,14)15;/h25-47H,1-24H3;/q-2;. The van der Waals surface area contributed by atoms with Crippen LogP contribution in [0.1, 0.15) is 211 Å². The van der Waals surface area contributed by atoms with Gasteiger partial charge in [0.2, 0.25) is 12.2 Å². The van der Waals surface area contributed by atoms with Crippen LogP contribution >= 0.6 is 0 Å². The molecule has 0 aliphatic rings. The van der Waals surface area contributed by atoms with Gasteiger partial charge in [-0.2, -0.15) is 22.4 Å². The molecule has 0 radical (unpaired) electrons. The maximum atomic E-state index is 7.06. The molecule has 7 aromatic carbocycles. The molecular weight excluding hydrogens is 1250 g/mol. The number of hydrogen-bond acceptors (Lipinski definition) is 3. The van der Waals surface area contributed by atoms with E-state index in [0.29, 0.717) is 17.2 Å². The molecule has 6 nitrogen and oxygen atoms in total. The van der Waals surface area contributed by atoms with Gasteiger partial charge in [0.1, 0.15) is 5.82 Å². The molecule has 0 saturated carbocycles. The van der Waals surface area contributed by atoms with Crippen LogP contribution in [0.2, 0.25) is 0 Å². The molecule has 3 aromatic heterocycles. The Hall–Kier alpha value is -6.88. The molecule has 0 amide bonds. The van der Waals surface area contributed by atoms with Crippen molar-refractivity contribution in [2.24, 2.45) is 0 Å². The van der Waals surface area contributed by atoms with Crippen LogP contribution in [0.3, 0.4) is 0 Å². The number of pyridine rings is 1. The Morgan fingerprint density at radius 1 is 0.409 bits per heavy atom. The Labute approximate surface area is 542 Å². The zero-order valence-electron chi connectivity index (χ0n) is 57.2. The number of para-hydroxylation sites is 1. The maximum Gasteiger partial charge on any atom is 0.233 e. The second-order valence-corrected chi connectivity index (χ2v) is 32.8. The molecule has 0 bridgehead atoms. The first-order valence-corrected chi connectivity index (χ1v) is 31.4. The van der Waals surface area contributed by atoms with Crippen LogP contribution in [-0.2, 0) is 64.4 Å². The molecule has 0 saturated heterocycles. The van der Waals surface area contributed by atoms with Gasteiger partial charge in [-0.05, 0) is 139 Å². The minimum absolute atomic E-state index is 0. The second-order valence-electron chi connectivity index (χ2n) is 32.8. The molecule has 10 rings (SSSR count). The fourth-order valence-corrected chi connectivity index (χ4v) is 11.4. The van der Waals surface area contributed by atoms with E-state index in [1.807, 2.05) is 16.9 Å². The summed E-state index contributed by atoms with van der Waals surface area (Å²) >= 11 is 0. The van der Waals surface area contributed by atoms with Gasteiger partial charge in [-0.3, -0.25) is 0 Å². The van der Waals surface area contributed by atoms with E-state index in [1.165, 1.54) is 38.9 Å². The van der Waals surface area contributed by atoms with E-state index in [-0.39, 0.29) is 64.4 Å². The number of nitrogens with zero attached hydrogens (tertiary/aromatic N) is 5. The molecule has 462 valence electrons. The van der Waals surface area contributed by atoms with Crippen molar-refractivity contribution in [1.29, 1.82) is 0 Å². The summed E-state index contributed by atoms with van der Waals surface area (Å²) in [4.78, 5) is 4.96. The Bertz CT molecular complexity index is 4070. The zero-order chi connectivity index (χ0) is 63.5. The number of aromatic nitrogens is 5. The fourth-order valence-electron chi connectivity index (χ4n) is 11.4. The topological polar surface area (TPSA) is 48.8 Å². The summed E-state index contributed by atoms with van der Waals surface area (Å²) in [6.07, 6.45) is 5.85. The number of benzene rings is 7. The largest absolute Gasteiger partial charge is 0.510 e. The van der Waals surface area contributed by atoms with Gasteiger partial charge in [0.15, 0.2) is 0 Å². The van der Waals surface area contributed by atoms with Gasteiger partial charge in [0.25, 0.3) is 0 Å². The van der Waals surface area contributed by atoms with Crippen molar-refractivity contribution in [3.05, 3.63) is 203 Å². The normalized spacial score (nSPS) is 13.1. The van der Waals surface area contributed by atoms with E-state index in [2.05, 4.69) is 321 Å². The number of hydrogen-bond donors (Lipinski definition) is 0. The first-order valence-electron chi connectivity index (χ1n) is 31.4. The minimum Gasteiger partial charge on any atom is -0.510 e. The molecule has 0 N–H and O–H groups in total. The first kappa shape index (κ1) is 65.6. The number of rotatable bonds is 8. The van der Waals surface area contributed by atoms with Crippen LogP contribution in [0.5, 0.6) is 11.5 Å². The van der Waals surface area contributed by atoms with E-state index in [4.69, 9.17) is 14.8 Å². The third kappa shape index (κ3) is 13.5. The molecule has 3 heterocycles. The first-order chi connectivity index (χ1) is 40.1. The third-order valence-electron chi connectivity index (χ3n) is 17.3. The predicted octanol–water partition coefficient (Wildman–Crippen LogP) is 21.2. The van der Waals surface area contributed by atoms with Crippen LogP contribution in [0.4, 0.5) is 0 Å². The van der Waals surface area contributed by atoms with E-state index >= 15 is 0 Å². The van der Waals surface area contributed by atoms with Crippen LogP contribution in [0, 0.1) is 18.5 Å². The quantitative estimate of drug-likeness (QED) is 0.113. The Kier molecular flexibility index (Phi) is 17.0. The summed E-state index contributed by atoms with van der Waals surface area (Å²) in [6, 6.07) is 57.3. The molecule has 0 aliphatic heterocycles. The van der Waals surface area contributed by atoms with Crippen molar-refractivity contribution in [2.45, 2.75) is 209 Å². The number of fused-ring (bicyclic) bond motifs is 3. The summed E-state index contributed by atoms with van der Waals surface area (Å²) in [5.41, 5.74) is 17.9. The van der Waals surface area contributed by atoms with Crippen LogP contribution in [0.25, 0.3) is 72.6 Å². The monoisotopic (exact) mass is 1350 g/mol. The Balaban J connectivity index is 0.00000922. The smallest absolute Gasteiger partial charge is 0.233 e. The molecular formula is C81H95N5OPt-2. The van der Waals surface area contributed by atoms with Crippen molar-refractivity contribution in [1.82, 2.24) is 19.3 Å². The van der Waals surface area contributed by atoms with Gasteiger partial charge < -0.3 is 13.9 Å². The van der Waals surface area contributed by atoms with Gasteiger partial charge in [-0.15, -0.1) is 29.7 Å². The molecule has 0 fully saturated rings. The molecule has 0 atom stereocenters. The minimum atomic E-state index is -0.286. The van der Waals surface area contributed by atoms with Crippen molar-refractivity contribution in [2.75, 3.05) is 0 Å².